The fourth-order valence-corrected chi connectivity index (χ4v) is 8.47. The highest BCUT2D eigenvalue weighted by Crippen LogP contribution is 2.37. The summed E-state index contributed by atoms with van der Waals surface area (Å²) in [5.74, 6) is -0.241. The standard InChI is InChI=1S/C33H50N6O6S.ClH/c1-4-5-18-38-31(42)29(30(41)25-9-7-6-8-10-25)35-32(43)33(38)15-19-37(20-16-33)22-28-23(2)36-39(24(28)3)26-11-13-27(14-12-26)46(44,45)34-17-21-40;/h11-14,25,29-30,34,40-41H,4-10,15-22H2,1-3H3,(H,35,43);1H/t29-,30-;/m1./s1. The monoisotopic (exact) mass is 694 g/mol. The summed E-state index contributed by atoms with van der Waals surface area (Å²) in [6.07, 6.45) is 6.93. The van der Waals surface area contributed by atoms with Gasteiger partial charge in [-0.15, -0.1) is 12.4 Å². The first-order valence-corrected chi connectivity index (χ1v) is 18.3. The van der Waals surface area contributed by atoms with Gasteiger partial charge in [0, 0.05) is 44.0 Å². The van der Waals surface area contributed by atoms with Crippen LogP contribution in [0.5, 0.6) is 0 Å². The molecule has 1 aromatic carbocycles. The molecule has 5 rings (SSSR count). The molecule has 1 saturated carbocycles. The molecule has 1 aromatic heterocycles. The largest absolute Gasteiger partial charge is 0.395 e. The minimum atomic E-state index is -3.71. The van der Waals surface area contributed by atoms with Crippen molar-refractivity contribution in [2.45, 2.75) is 108 Å². The number of likely N-dealkylation sites (tertiary alicyclic amines) is 1. The second-order valence-electron chi connectivity index (χ2n) is 13.2. The summed E-state index contributed by atoms with van der Waals surface area (Å²) in [6, 6.07) is 5.59. The first-order chi connectivity index (χ1) is 22.0. The van der Waals surface area contributed by atoms with E-state index in [1.165, 1.54) is 12.1 Å². The zero-order chi connectivity index (χ0) is 33.1. The minimum absolute atomic E-state index is 0. The maximum absolute atomic E-state index is 13.9. The number of halogens is 1. The fourth-order valence-electron chi connectivity index (χ4n) is 7.45. The summed E-state index contributed by atoms with van der Waals surface area (Å²) in [4.78, 5) is 32.0. The van der Waals surface area contributed by atoms with Gasteiger partial charge in [-0.2, -0.15) is 5.10 Å². The van der Waals surface area contributed by atoms with Gasteiger partial charge in [0.05, 0.1) is 29.0 Å². The van der Waals surface area contributed by atoms with E-state index in [2.05, 4.69) is 21.9 Å². The van der Waals surface area contributed by atoms with E-state index in [1.807, 2.05) is 18.5 Å². The number of nitrogens with zero attached hydrogens (tertiary/aromatic N) is 4. The van der Waals surface area contributed by atoms with Gasteiger partial charge in [0.1, 0.15) is 11.6 Å². The number of carbonyl (C=O) groups is 2. The Hall–Kier alpha value is -2.55. The summed E-state index contributed by atoms with van der Waals surface area (Å²) >= 11 is 0. The SMILES string of the molecule is CCCCN1C(=O)[C@@H]([C@H](O)C2CCCCC2)NC(=O)C12CCN(Cc1c(C)nn(-c3ccc(S(=O)(=O)NCCO)cc3)c1C)CC2.Cl. The van der Waals surface area contributed by atoms with Crippen molar-refractivity contribution in [1.29, 1.82) is 0 Å². The molecule has 3 heterocycles. The number of sulfonamides is 1. The number of amides is 2. The Balaban J connectivity index is 0.00000500. The Bertz CT molecular complexity index is 1490. The highest BCUT2D eigenvalue weighted by atomic mass is 35.5. The third-order valence-electron chi connectivity index (χ3n) is 10.3. The van der Waals surface area contributed by atoms with E-state index in [1.54, 1.807) is 17.0 Å². The Kier molecular flexibility index (Phi) is 12.5. The Labute approximate surface area is 284 Å². The van der Waals surface area contributed by atoms with Gasteiger partial charge in [-0.3, -0.25) is 14.5 Å². The lowest BCUT2D eigenvalue weighted by atomic mass is 9.78. The van der Waals surface area contributed by atoms with Crippen LogP contribution in [0.15, 0.2) is 29.2 Å². The molecule has 4 N–H and O–H groups in total. The number of aliphatic hydroxyl groups is 2. The fraction of sp³-hybridized carbons (Fsp3) is 0.667. The second-order valence-corrected chi connectivity index (χ2v) is 14.9. The summed E-state index contributed by atoms with van der Waals surface area (Å²) in [7, 11) is -3.71. The van der Waals surface area contributed by atoms with E-state index < -0.39 is 27.7 Å². The topological polar surface area (TPSA) is 157 Å². The number of piperidine rings is 1. The number of hydrogen-bond acceptors (Lipinski definition) is 8. The van der Waals surface area contributed by atoms with Crippen LogP contribution >= 0.6 is 12.4 Å². The van der Waals surface area contributed by atoms with Crippen molar-refractivity contribution < 1.29 is 28.2 Å². The zero-order valence-corrected chi connectivity index (χ0v) is 29.4. The molecule has 2 atom stereocenters. The molecule has 47 heavy (non-hydrogen) atoms. The highest BCUT2D eigenvalue weighted by Gasteiger charge is 2.55. The van der Waals surface area contributed by atoms with Gasteiger partial charge in [0.2, 0.25) is 21.8 Å². The van der Waals surface area contributed by atoms with Crippen LogP contribution in [-0.4, -0.2) is 100 Å². The van der Waals surface area contributed by atoms with Crippen LogP contribution in [0.4, 0.5) is 0 Å². The summed E-state index contributed by atoms with van der Waals surface area (Å²) < 4.78 is 29.0. The molecule has 14 heteroatoms. The zero-order valence-electron chi connectivity index (χ0n) is 27.8. The molecule has 0 unspecified atom stereocenters. The van der Waals surface area contributed by atoms with E-state index in [0.717, 1.165) is 67.6 Å². The number of rotatable bonds is 12. The van der Waals surface area contributed by atoms with Gasteiger partial charge in [0.25, 0.3) is 0 Å². The number of piperazine rings is 1. The first kappa shape index (κ1) is 37.3. The van der Waals surface area contributed by atoms with Gasteiger partial charge in [0.15, 0.2) is 0 Å². The van der Waals surface area contributed by atoms with Gasteiger partial charge in [-0.1, -0.05) is 32.6 Å². The number of aryl methyl sites for hydroxylation is 1. The van der Waals surface area contributed by atoms with Crippen molar-refractivity contribution in [2.75, 3.05) is 32.8 Å². The van der Waals surface area contributed by atoms with Crippen LogP contribution in [0.1, 0.15) is 81.7 Å². The summed E-state index contributed by atoms with van der Waals surface area (Å²) in [5, 5.41) is 27.9. The second kappa shape index (κ2) is 15.8. The van der Waals surface area contributed by atoms with Crippen LogP contribution in [0.2, 0.25) is 0 Å². The first-order valence-electron chi connectivity index (χ1n) is 16.8. The number of nitrogens with one attached hydrogen (secondary N) is 2. The predicted octanol–water partition coefficient (Wildman–Crippen LogP) is 2.58. The average Bonchev–Trinajstić information content (AvgIpc) is 3.35. The number of benzene rings is 1. The third-order valence-corrected chi connectivity index (χ3v) is 11.7. The molecule has 1 aliphatic carbocycles. The molecule has 3 aliphatic rings. The van der Waals surface area contributed by atoms with Gasteiger partial charge < -0.3 is 20.4 Å². The quantitative estimate of drug-likeness (QED) is 0.264. The molecule has 2 aliphatic heterocycles. The smallest absolute Gasteiger partial charge is 0.248 e. The lowest BCUT2D eigenvalue weighted by Crippen LogP contribution is -2.75. The summed E-state index contributed by atoms with van der Waals surface area (Å²) in [6.45, 7) is 8.12. The van der Waals surface area contributed by atoms with Crippen molar-refractivity contribution >= 4 is 34.2 Å². The Morgan fingerprint density at radius 1 is 1.09 bits per heavy atom. The molecule has 2 aromatic rings. The average molecular weight is 695 g/mol. The molecule has 3 fully saturated rings. The predicted molar refractivity (Wildman–Crippen MR) is 181 cm³/mol. The molecule has 0 bridgehead atoms. The van der Waals surface area contributed by atoms with E-state index in [4.69, 9.17) is 10.2 Å². The van der Waals surface area contributed by atoms with Crippen LogP contribution in [0, 0.1) is 19.8 Å². The number of aromatic nitrogens is 2. The van der Waals surface area contributed by atoms with E-state index >= 15 is 0 Å². The van der Waals surface area contributed by atoms with Crippen molar-refractivity contribution in [3.63, 3.8) is 0 Å². The molecule has 2 amide bonds. The van der Waals surface area contributed by atoms with Gasteiger partial charge >= 0.3 is 0 Å². The van der Waals surface area contributed by atoms with Crippen molar-refractivity contribution in [2.24, 2.45) is 5.92 Å². The van der Waals surface area contributed by atoms with Crippen molar-refractivity contribution in [3.8, 4) is 5.69 Å². The Morgan fingerprint density at radius 2 is 1.74 bits per heavy atom. The van der Waals surface area contributed by atoms with Gasteiger partial charge in [-0.05, 0) is 76.1 Å². The van der Waals surface area contributed by atoms with Crippen LogP contribution in [0.3, 0.4) is 0 Å². The van der Waals surface area contributed by atoms with Crippen LogP contribution in [-0.2, 0) is 26.2 Å². The third kappa shape index (κ3) is 7.70. The number of hydrogen-bond donors (Lipinski definition) is 4. The van der Waals surface area contributed by atoms with E-state index in [9.17, 15) is 23.1 Å². The lowest BCUT2D eigenvalue weighted by molar-refractivity contribution is -0.166. The van der Waals surface area contributed by atoms with Gasteiger partial charge in [-0.25, -0.2) is 17.8 Å². The number of unbranched alkanes of at least 4 members (excludes halogenated alkanes) is 1. The van der Waals surface area contributed by atoms with E-state index in [-0.39, 0.29) is 48.2 Å². The maximum Gasteiger partial charge on any atom is 0.248 e. The van der Waals surface area contributed by atoms with Crippen molar-refractivity contribution in [1.82, 2.24) is 29.6 Å². The molecular weight excluding hydrogens is 644 g/mol. The molecular formula is C33H51ClN6O6S. The molecule has 12 nitrogen and oxygen atoms in total. The molecule has 0 radical (unpaired) electrons. The maximum atomic E-state index is 13.9. The molecule has 2 saturated heterocycles. The number of carbonyl (C=O) groups excluding carboxylic acids is 2. The highest BCUT2D eigenvalue weighted by molar-refractivity contribution is 7.89. The van der Waals surface area contributed by atoms with Crippen molar-refractivity contribution in [3.05, 3.63) is 41.2 Å². The van der Waals surface area contributed by atoms with Crippen LogP contribution in [0.25, 0.3) is 5.69 Å². The normalized spacial score (nSPS) is 21.5. The summed E-state index contributed by atoms with van der Waals surface area (Å²) in [5.41, 5.74) is 2.71. The van der Waals surface area contributed by atoms with Crippen LogP contribution < -0.4 is 10.0 Å². The minimum Gasteiger partial charge on any atom is -0.395 e. The molecule has 1 spiro atoms. The number of aliphatic hydroxyl groups excluding tert-OH is 2. The molecule has 262 valence electrons. The lowest BCUT2D eigenvalue weighted by Gasteiger charge is -2.52. The Morgan fingerprint density at radius 3 is 2.36 bits per heavy atom. The van der Waals surface area contributed by atoms with E-state index in [0.29, 0.717) is 39.0 Å².